The smallest absolute Gasteiger partial charge is 0.290 e. The van der Waals surface area contributed by atoms with Crippen molar-refractivity contribution < 1.29 is 18.0 Å². The molecule has 1 unspecified atom stereocenters. The van der Waals surface area contributed by atoms with E-state index in [1.54, 1.807) is 30.3 Å². The van der Waals surface area contributed by atoms with Crippen LogP contribution in [-0.2, 0) is 9.54 Å². The quantitative estimate of drug-likeness (QED) is 0.812. The molecule has 5 heteroatoms. The van der Waals surface area contributed by atoms with Gasteiger partial charge in [-0.25, -0.2) is 0 Å². The lowest BCUT2D eigenvalue weighted by Gasteiger charge is -2.23. The van der Waals surface area contributed by atoms with Crippen molar-refractivity contribution in [3.8, 4) is 0 Å². The Balaban J connectivity index is 2.85. The number of hydrogen-bond donors (Lipinski definition) is 1. The van der Waals surface area contributed by atoms with Gasteiger partial charge in [0.25, 0.3) is 0 Å². The van der Waals surface area contributed by atoms with E-state index in [0.29, 0.717) is 5.56 Å². The summed E-state index contributed by atoms with van der Waals surface area (Å²) in [5.74, 6) is -1.76. The van der Waals surface area contributed by atoms with Gasteiger partial charge in [0.1, 0.15) is 0 Å². The van der Waals surface area contributed by atoms with Crippen molar-refractivity contribution in [2.24, 2.45) is 0 Å². The SMILES string of the molecule is CC(S)(CC(=O)C(F)(F)F)c1ccccc1. The zero-order valence-electron chi connectivity index (χ0n) is 8.58. The average Bonchev–Trinajstić information content (AvgIpc) is 2.17. The fraction of sp³-hybridized carbons (Fsp3) is 0.364. The summed E-state index contributed by atoms with van der Waals surface area (Å²) in [7, 11) is 0. The minimum Gasteiger partial charge on any atom is -0.290 e. The summed E-state index contributed by atoms with van der Waals surface area (Å²) in [6.45, 7) is 1.50. The standard InChI is InChI=1S/C11H11F3OS/c1-10(16,7-9(15)11(12,13)14)8-5-3-2-4-6-8/h2-6,16H,7H2,1H3. The zero-order valence-corrected chi connectivity index (χ0v) is 9.48. The maximum Gasteiger partial charge on any atom is 0.450 e. The predicted octanol–water partition coefficient (Wildman–Crippen LogP) is 3.35. The highest BCUT2D eigenvalue weighted by molar-refractivity contribution is 7.81. The molecule has 0 radical (unpaired) electrons. The molecule has 0 aliphatic carbocycles. The maximum atomic E-state index is 12.1. The molecule has 0 saturated carbocycles. The molecule has 0 aliphatic heterocycles. The van der Waals surface area contributed by atoms with Crippen LogP contribution in [0.3, 0.4) is 0 Å². The van der Waals surface area contributed by atoms with Crippen LogP contribution < -0.4 is 0 Å². The van der Waals surface area contributed by atoms with Gasteiger partial charge >= 0.3 is 6.18 Å². The summed E-state index contributed by atoms with van der Waals surface area (Å²) < 4.78 is 35.2. The van der Waals surface area contributed by atoms with E-state index >= 15 is 0 Å². The van der Waals surface area contributed by atoms with Crippen molar-refractivity contribution in [3.05, 3.63) is 35.9 Å². The molecule has 0 N–H and O–H groups in total. The van der Waals surface area contributed by atoms with Crippen molar-refractivity contribution in [1.29, 1.82) is 0 Å². The summed E-state index contributed by atoms with van der Waals surface area (Å²) in [5, 5.41) is 0. The second kappa shape index (κ2) is 4.49. The van der Waals surface area contributed by atoms with E-state index in [1.165, 1.54) is 6.92 Å². The van der Waals surface area contributed by atoms with Gasteiger partial charge in [-0.15, -0.1) is 0 Å². The molecule has 1 atom stereocenters. The van der Waals surface area contributed by atoms with Crippen molar-refractivity contribution in [3.63, 3.8) is 0 Å². The molecule has 0 aromatic heterocycles. The lowest BCUT2D eigenvalue weighted by molar-refractivity contribution is -0.171. The van der Waals surface area contributed by atoms with Gasteiger partial charge in [-0.05, 0) is 12.5 Å². The van der Waals surface area contributed by atoms with E-state index < -0.39 is 23.1 Å². The lowest BCUT2D eigenvalue weighted by atomic mass is 9.94. The van der Waals surface area contributed by atoms with Gasteiger partial charge in [-0.3, -0.25) is 4.79 Å². The number of carbonyl (C=O) groups is 1. The Morgan fingerprint density at radius 3 is 2.19 bits per heavy atom. The van der Waals surface area contributed by atoms with Gasteiger partial charge in [-0.1, -0.05) is 30.3 Å². The molecule has 0 amide bonds. The van der Waals surface area contributed by atoms with E-state index in [2.05, 4.69) is 12.6 Å². The van der Waals surface area contributed by atoms with Gasteiger partial charge in [-0.2, -0.15) is 25.8 Å². The third-order valence-electron chi connectivity index (χ3n) is 2.22. The molecular weight excluding hydrogens is 237 g/mol. The first-order valence-electron chi connectivity index (χ1n) is 4.61. The molecule has 1 nitrogen and oxygen atoms in total. The Morgan fingerprint density at radius 2 is 1.75 bits per heavy atom. The van der Waals surface area contributed by atoms with Crippen LogP contribution in [0.25, 0.3) is 0 Å². The van der Waals surface area contributed by atoms with Crippen LogP contribution in [0.4, 0.5) is 13.2 Å². The van der Waals surface area contributed by atoms with Gasteiger partial charge in [0.15, 0.2) is 0 Å². The van der Waals surface area contributed by atoms with Gasteiger partial charge < -0.3 is 0 Å². The minimum absolute atomic E-state index is 0.593. The van der Waals surface area contributed by atoms with E-state index in [9.17, 15) is 18.0 Å². The van der Waals surface area contributed by atoms with E-state index in [1.807, 2.05) is 0 Å². The van der Waals surface area contributed by atoms with E-state index in [4.69, 9.17) is 0 Å². The molecule has 88 valence electrons. The number of benzene rings is 1. The molecule has 0 aliphatic rings. The first kappa shape index (κ1) is 13.1. The van der Waals surface area contributed by atoms with Gasteiger partial charge in [0.2, 0.25) is 5.78 Å². The summed E-state index contributed by atoms with van der Waals surface area (Å²) in [6.07, 6.45) is -5.46. The fourth-order valence-electron chi connectivity index (χ4n) is 1.31. The lowest BCUT2D eigenvalue weighted by Crippen LogP contribution is -2.29. The maximum absolute atomic E-state index is 12.1. The summed E-state index contributed by atoms with van der Waals surface area (Å²) in [4.78, 5) is 10.9. The van der Waals surface area contributed by atoms with Crippen molar-refractivity contribution in [2.45, 2.75) is 24.3 Å². The predicted molar refractivity (Wildman–Crippen MR) is 58.5 cm³/mol. The molecule has 1 aromatic rings. The van der Waals surface area contributed by atoms with Crippen LogP contribution >= 0.6 is 12.6 Å². The monoisotopic (exact) mass is 248 g/mol. The molecule has 0 bridgehead atoms. The Labute approximate surface area is 97.1 Å². The molecular formula is C11H11F3OS. The first-order valence-corrected chi connectivity index (χ1v) is 5.06. The number of thiol groups is 1. The highest BCUT2D eigenvalue weighted by atomic mass is 32.1. The van der Waals surface area contributed by atoms with E-state index in [-0.39, 0.29) is 0 Å². The number of hydrogen-bond acceptors (Lipinski definition) is 2. The Kier molecular flexibility index (Phi) is 3.68. The molecule has 1 rings (SSSR count). The molecule has 0 heterocycles. The number of Topliss-reactive ketones (excluding diaryl/α,β-unsaturated/α-hetero) is 1. The summed E-state index contributed by atoms with van der Waals surface area (Å²) >= 11 is 4.13. The fourth-order valence-corrected chi connectivity index (χ4v) is 1.60. The van der Waals surface area contributed by atoms with Gasteiger partial charge in [0.05, 0.1) is 0 Å². The van der Waals surface area contributed by atoms with E-state index in [0.717, 1.165) is 0 Å². The molecule has 0 saturated heterocycles. The zero-order chi connectivity index (χ0) is 12.4. The largest absolute Gasteiger partial charge is 0.450 e. The van der Waals surface area contributed by atoms with Gasteiger partial charge in [0, 0.05) is 11.2 Å². The third kappa shape index (κ3) is 3.27. The summed E-state index contributed by atoms with van der Waals surface area (Å²) in [6, 6.07) is 8.44. The van der Waals surface area contributed by atoms with Crippen LogP contribution in [0.1, 0.15) is 18.9 Å². The number of rotatable bonds is 3. The second-order valence-corrected chi connectivity index (χ2v) is 4.72. The second-order valence-electron chi connectivity index (χ2n) is 3.74. The third-order valence-corrected chi connectivity index (χ3v) is 2.63. The van der Waals surface area contributed by atoms with Crippen LogP contribution in [0.5, 0.6) is 0 Å². The minimum atomic E-state index is -4.79. The molecule has 0 spiro atoms. The normalized spacial score (nSPS) is 15.6. The van der Waals surface area contributed by atoms with Crippen molar-refractivity contribution in [2.75, 3.05) is 0 Å². The number of alkyl halides is 3. The van der Waals surface area contributed by atoms with Crippen molar-refractivity contribution >= 4 is 18.4 Å². The number of halogens is 3. The highest BCUT2D eigenvalue weighted by Crippen LogP contribution is 2.34. The average molecular weight is 248 g/mol. The molecule has 16 heavy (non-hydrogen) atoms. The van der Waals surface area contributed by atoms with Crippen LogP contribution in [-0.4, -0.2) is 12.0 Å². The Bertz CT molecular complexity index is 371. The first-order chi connectivity index (χ1) is 7.23. The topological polar surface area (TPSA) is 17.1 Å². The summed E-state index contributed by atoms with van der Waals surface area (Å²) in [5.41, 5.74) is 0.593. The Morgan fingerprint density at radius 1 is 1.25 bits per heavy atom. The number of ketones is 1. The van der Waals surface area contributed by atoms with Crippen molar-refractivity contribution in [1.82, 2.24) is 0 Å². The molecule has 1 aromatic carbocycles. The number of carbonyl (C=O) groups excluding carboxylic acids is 1. The van der Waals surface area contributed by atoms with Crippen LogP contribution in [0.2, 0.25) is 0 Å². The highest BCUT2D eigenvalue weighted by Gasteiger charge is 2.41. The van der Waals surface area contributed by atoms with Crippen LogP contribution in [0.15, 0.2) is 30.3 Å². The Hall–Kier alpha value is -0.970. The molecule has 0 fully saturated rings. The van der Waals surface area contributed by atoms with Crippen LogP contribution in [0, 0.1) is 0 Å².